The van der Waals surface area contributed by atoms with Gasteiger partial charge in [0, 0.05) is 16.9 Å². The average Bonchev–Trinajstić information content (AvgIpc) is 2.73. The maximum Gasteiger partial charge on any atom is 0.408 e. The first kappa shape index (κ1) is 30.1. The third-order valence-electron chi connectivity index (χ3n) is 4.84. The van der Waals surface area contributed by atoms with E-state index in [1.54, 1.807) is 60.6 Å². The number of phenolic OH excluding ortho intramolecular Hbond substituents is 1. The minimum absolute atomic E-state index is 0.0824. The second kappa shape index (κ2) is 12.1. The van der Waals surface area contributed by atoms with Crippen molar-refractivity contribution in [1.29, 1.82) is 0 Å². The van der Waals surface area contributed by atoms with E-state index in [2.05, 4.69) is 28.0 Å². The van der Waals surface area contributed by atoms with E-state index in [-0.39, 0.29) is 17.1 Å². The quantitative estimate of drug-likeness (QED) is 0.311. The normalized spacial score (nSPS) is 13.3. The van der Waals surface area contributed by atoms with E-state index < -0.39 is 53.6 Å². The van der Waals surface area contributed by atoms with Gasteiger partial charge in [0.25, 0.3) is 0 Å². The van der Waals surface area contributed by atoms with Crippen LogP contribution in [0.4, 0.5) is 4.79 Å². The van der Waals surface area contributed by atoms with E-state index >= 15 is 0 Å². The first-order valence-electron chi connectivity index (χ1n) is 11.1. The SMILES string of the molecule is COC(=O)CNC(=O)C(c1cccc(C)c1O)N(C(=O)C(CS)NC(=O)OC(C)(C)C)C(C)(C)C. The van der Waals surface area contributed by atoms with Gasteiger partial charge in [-0.3, -0.25) is 14.4 Å². The van der Waals surface area contributed by atoms with Crippen molar-refractivity contribution in [2.24, 2.45) is 0 Å². The van der Waals surface area contributed by atoms with Gasteiger partial charge in [0.15, 0.2) is 0 Å². The largest absolute Gasteiger partial charge is 0.507 e. The Bertz CT molecular complexity index is 938. The summed E-state index contributed by atoms with van der Waals surface area (Å²) in [6.45, 7) is 11.4. The number of ether oxygens (including phenoxy) is 2. The van der Waals surface area contributed by atoms with E-state index in [0.717, 1.165) is 0 Å². The number of para-hydroxylation sites is 1. The number of carbonyl (C=O) groups is 4. The van der Waals surface area contributed by atoms with Crippen LogP contribution in [0.1, 0.15) is 58.7 Å². The van der Waals surface area contributed by atoms with Gasteiger partial charge < -0.3 is 30.1 Å². The molecule has 0 bridgehead atoms. The molecule has 1 aromatic rings. The van der Waals surface area contributed by atoms with Crippen LogP contribution in [-0.2, 0) is 23.9 Å². The number of nitrogens with one attached hydrogen (secondary N) is 2. The highest BCUT2D eigenvalue weighted by Crippen LogP contribution is 2.36. The average molecular weight is 512 g/mol. The molecule has 0 radical (unpaired) electrons. The molecule has 0 aliphatic heterocycles. The smallest absolute Gasteiger partial charge is 0.408 e. The van der Waals surface area contributed by atoms with Crippen LogP contribution in [-0.4, -0.2) is 70.5 Å². The van der Waals surface area contributed by atoms with E-state index in [1.807, 2.05) is 0 Å². The predicted octanol–water partition coefficient (Wildman–Crippen LogP) is 2.48. The van der Waals surface area contributed by atoms with Gasteiger partial charge in [-0.05, 0) is 54.0 Å². The van der Waals surface area contributed by atoms with Gasteiger partial charge in [-0.2, -0.15) is 12.6 Å². The zero-order chi connectivity index (χ0) is 27.1. The molecule has 3 amide bonds. The molecule has 2 atom stereocenters. The number of methoxy groups -OCH3 is 1. The molecule has 1 rings (SSSR count). The number of thiol groups is 1. The van der Waals surface area contributed by atoms with Gasteiger partial charge in [-0.15, -0.1) is 0 Å². The molecule has 35 heavy (non-hydrogen) atoms. The first-order chi connectivity index (χ1) is 16.0. The third kappa shape index (κ3) is 8.65. The highest BCUT2D eigenvalue weighted by Gasteiger charge is 2.42. The summed E-state index contributed by atoms with van der Waals surface area (Å²) < 4.78 is 9.85. The molecule has 0 aliphatic rings. The standard InChI is InChI=1S/C24H37N3O7S/c1-14-10-9-11-15(19(14)29)18(20(30)25-12-17(28)33-8)27(23(2,3)4)21(31)16(13-35)26-22(32)34-24(5,6)7/h9-11,16,18,29,35H,12-13H2,1-8H3,(H,25,30)(H,26,32). The lowest BCUT2D eigenvalue weighted by atomic mass is 9.94. The molecule has 0 aliphatic carbocycles. The molecule has 196 valence electrons. The van der Waals surface area contributed by atoms with Gasteiger partial charge in [0.2, 0.25) is 11.8 Å². The fourth-order valence-corrected chi connectivity index (χ4v) is 3.52. The Morgan fingerprint density at radius 1 is 1.11 bits per heavy atom. The van der Waals surface area contributed by atoms with Crippen molar-refractivity contribution < 1.29 is 33.8 Å². The number of phenols is 1. The van der Waals surface area contributed by atoms with Gasteiger partial charge >= 0.3 is 12.1 Å². The van der Waals surface area contributed by atoms with Gasteiger partial charge in [-0.25, -0.2) is 4.79 Å². The van der Waals surface area contributed by atoms with Crippen LogP contribution in [0.5, 0.6) is 5.75 Å². The maximum atomic E-state index is 13.8. The van der Waals surface area contributed by atoms with Crippen molar-refractivity contribution in [2.75, 3.05) is 19.4 Å². The van der Waals surface area contributed by atoms with Crippen molar-refractivity contribution in [3.05, 3.63) is 29.3 Å². The number of carbonyl (C=O) groups excluding carboxylic acids is 4. The summed E-state index contributed by atoms with van der Waals surface area (Å²) in [6.07, 6.45) is -0.816. The maximum absolute atomic E-state index is 13.8. The Morgan fingerprint density at radius 3 is 2.20 bits per heavy atom. The fraction of sp³-hybridized carbons (Fsp3) is 0.583. The fourth-order valence-electron chi connectivity index (χ4n) is 3.28. The van der Waals surface area contributed by atoms with Crippen LogP contribution >= 0.6 is 12.6 Å². The molecule has 1 aromatic carbocycles. The summed E-state index contributed by atoms with van der Waals surface area (Å²) in [5.74, 6) is -2.28. The minimum atomic E-state index is -1.34. The molecule has 11 heteroatoms. The minimum Gasteiger partial charge on any atom is -0.507 e. The summed E-state index contributed by atoms with van der Waals surface area (Å²) >= 11 is 4.23. The number of hydrogen-bond donors (Lipinski definition) is 4. The summed E-state index contributed by atoms with van der Waals surface area (Å²) in [6, 6.07) is 2.34. The summed E-state index contributed by atoms with van der Waals surface area (Å²) in [7, 11) is 1.18. The Morgan fingerprint density at radius 2 is 1.71 bits per heavy atom. The van der Waals surface area contributed by atoms with Crippen molar-refractivity contribution >= 4 is 36.5 Å². The Labute approximate surface area is 212 Å². The first-order valence-corrected chi connectivity index (χ1v) is 11.7. The number of aryl methyl sites for hydroxylation is 1. The summed E-state index contributed by atoms with van der Waals surface area (Å²) in [5, 5.41) is 15.8. The number of benzene rings is 1. The van der Waals surface area contributed by atoms with Crippen LogP contribution in [0.15, 0.2) is 18.2 Å². The predicted molar refractivity (Wildman–Crippen MR) is 134 cm³/mol. The highest BCUT2D eigenvalue weighted by atomic mass is 32.1. The molecule has 0 saturated carbocycles. The molecule has 0 heterocycles. The second-order valence-electron chi connectivity index (χ2n) is 9.97. The van der Waals surface area contributed by atoms with Crippen LogP contribution in [0.25, 0.3) is 0 Å². The van der Waals surface area contributed by atoms with Gasteiger partial charge in [0.1, 0.15) is 30.0 Å². The topological polar surface area (TPSA) is 134 Å². The summed E-state index contributed by atoms with van der Waals surface area (Å²) in [5.41, 5.74) is -1.10. The number of nitrogens with zero attached hydrogens (tertiary/aromatic N) is 1. The van der Waals surface area contributed by atoms with E-state index in [1.165, 1.54) is 18.1 Å². The van der Waals surface area contributed by atoms with Crippen LogP contribution in [0.3, 0.4) is 0 Å². The molecule has 10 nitrogen and oxygen atoms in total. The number of amides is 3. The third-order valence-corrected chi connectivity index (χ3v) is 5.20. The van der Waals surface area contributed by atoms with Crippen molar-refractivity contribution in [2.45, 2.75) is 71.7 Å². The molecule has 2 unspecified atom stereocenters. The second-order valence-corrected chi connectivity index (χ2v) is 10.3. The molecular formula is C24H37N3O7S. The van der Waals surface area contributed by atoms with E-state index in [0.29, 0.717) is 5.56 Å². The molecular weight excluding hydrogens is 474 g/mol. The van der Waals surface area contributed by atoms with Crippen LogP contribution in [0.2, 0.25) is 0 Å². The van der Waals surface area contributed by atoms with E-state index in [4.69, 9.17) is 4.74 Å². The van der Waals surface area contributed by atoms with Crippen molar-refractivity contribution in [3.63, 3.8) is 0 Å². The monoisotopic (exact) mass is 511 g/mol. The van der Waals surface area contributed by atoms with Crippen molar-refractivity contribution in [3.8, 4) is 5.75 Å². The molecule has 0 fully saturated rings. The number of hydrogen-bond acceptors (Lipinski definition) is 8. The van der Waals surface area contributed by atoms with E-state index in [9.17, 15) is 24.3 Å². The van der Waals surface area contributed by atoms with Gasteiger partial charge in [-0.1, -0.05) is 18.2 Å². The molecule has 0 aromatic heterocycles. The number of alkyl carbamates (subject to hydrolysis) is 1. The Balaban J connectivity index is 3.54. The highest BCUT2D eigenvalue weighted by molar-refractivity contribution is 7.80. The van der Waals surface area contributed by atoms with Gasteiger partial charge in [0.05, 0.1) is 7.11 Å². The lowest BCUT2D eigenvalue weighted by Crippen LogP contribution is -2.59. The zero-order valence-corrected chi connectivity index (χ0v) is 22.5. The zero-order valence-electron chi connectivity index (χ0n) is 21.6. The number of rotatable bonds is 8. The van der Waals surface area contributed by atoms with Crippen molar-refractivity contribution in [1.82, 2.24) is 15.5 Å². The molecule has 0 spiro atoms. The molecule has 0 saturated heterocycles. The van der Waals surface area contributed by atoms with Crippen LogP contribution < -0.4 is 10.6 Å². The van der Waals surface area contributed by atoms with Crippen LogP contribution in [0, 0.1) is 6.92 Å². The Hall–Kier alpha value is -2.95. The lowest BCUT2D eigenvalue weighted by Gasteiger charge is -2.43. The number of aromatic hydroxyl groups is 1. The molecule has 3 N–H and O–H groups in total. The number of esters is 1. The Kier molecular flexibility index (Phi) is 10.4. The summed E-state index contributed by atoms with van der Waals surface area (Å²) in [4.78, 5) is 52.5. The lowest BCUT2D eigenvalue weighted by molar-refractivity contribution is -0.149.